The maximum absolute atomic E-state index is 11.2. The lowest BCUT2D eigenvalue weighted by Crippen LogP contribution is -2.66. The van der Waals surface area contributed by atoms with Crippen molar-refractivity contribution >= 4 is 11.7 Å². The number of aliphatic hydroxyl groups excluding tert-OH is 2. The molecule has 2 aliphatic heterocycles. The molecule has 23 heavy (non-hydrogen) atoms. The van der Waals surface area contributed by atoms with Gasteiger partial charge in [-0.25, -0.2) is 0 Å². The van der Waals surface area contributed by atoms with Gasteiger partial charge in [-0.3, -0.25) is 4.79 Å². The fraction of sp³-hybridized carbons (Fsp3) is 0.867. The predicted octanol–water partition coefficient (Wildman–Crippen LogP) is -0.886. The van der Waals surface area contributed by atoms with E-state index in [1.54, 1.807) is 6.92 Å². The second-order valence-electron chi connectivity index (χ2n) is 6.24. The molecular weight excluding hydrogens is 306 g/mol. The van der Waals surface area contributed by atoms with E-state index in [2.05, 4.69) is 5.32 Å². The Hall–Kier alpha value is -1.06. The van der Waals surface area contributed by atoms with Crippen LogP contribution in [-0.4, -0.2) is 71.9 Å². The van der Waals surface area contributed by atoms with Crippen LogP contribution in [0, 0.1) is 0 Å². The van der Waals surface area contributed by atoms with E-state index < -0.39 is 30.1 Å². The molecule has 2 bridgehead atoms. The molecule has 0 aromatic heterocycles. The zero-order valence-corrected chi connectivity index (χ0v) is 13.5. The first kappa shape index (κ1) is 18.3. The van der Waals surface area contributed by atoms with Crippen LogP contribution in [0.15, 0.2) is 0 Å². The Bertz CT molecular complexity index is 444. The van der Waals surface area contributed by atoms with Crippen molar-refractivity contribution in [1.29, 1.82) is 0 Å². The van der Waals surface area contributed by atoms with Crippen LogP contribution in [0.25, 0.3) is 0 Å². The van der Waals surface area contributed by atoms with Crippen LogP contribution in [0.1, 0.15) is 33.1 Å². The van der Waals surface area contributed by atoms with E-state index in [0.717, 1.165) is 12.8 Å². The minimum absolute atomic E-state index is 0.0780. The maximum Gasteiger partial charge on any atom is 0.217 e. The van der Waals surface area contributed by atoms with Gasteiger partial charge >= 0.3 is 0 Å². The van der Waals surface area contributed by atoms with Crippen LogP contribution in [0.3, 0.4) is 0 Å². The summed E-state index contributed by atoms with van der Waals surface area (Å²) in [5.41, 5.74) is -1.13. The van der Waals surface area contributed by atoms with E-state index in [9.17, 15) is 19.8 Å². The molecule has 0 radical (unpaired) electrons. The molecule has 2 saturated heterocycles. The molecule has 8 nitrogen and oxygen atoms in total. The van der Waals surface area contributed by atoms with Gasteiger partial charge in [0.15, 0.2) is 6.29 Å². The van der Waals surface area contributed by atoms with Gasteiger partial charge in [-0.1, -0.05) is 0 Å². The van der Waals surface area contributed by atoms with Crippen LogP contribution in [0.2, 0.25) is 0 Å². The molecule has 0 aromatic rings. The average Bonchev–Trinajstić information content (AvgIpc) is 2.88. The van der Waals surface area contributed by atoms with Gasteiger partial charge in [0.05, 0.1) is 13.2 Å². The van der Waals surface area contributed by atoms with Crippen molar-refractivity contribution in [2.75, 3.05) is 19.8 Å². The molecule has 0 spiro atoms. The number of ketones is 1. The van der Waals surface area contributed by atoms with Crippen molar-refractivity contribution in [2.24, 2.45) is 0 Å². The second kappa shape index (κ2) is 7.67. The van der Waals surface area contributed by atoms with Crippen molar-refractivity contribution in [3.8, 4) is 0 Å². The second-order valence-corrected chi connectivity index (χ2v) is 6.24. The van der Waals surface area contributed by atoms with Gasteiger partial charge in [0.25, 0.3) is 0 Å². The molecular formula is C15H25NO7. The summed E-state index contributed by atoms with van der Waals surface area (Å²) in [6.07, 6.45) is -1.23. The number of aliphatic hydroxyl groups is 2. The minimum Gasteiger partial charge on any atom is -0.388 e. The topological polar surface area (TPSA) is 114 Å². The van der Waals surface area contributed by atoms with E-state index in [1.165, 1.54) is 6.92 Å². The van der Waals surface area contributed by atoms with Crippen molar-refractivity contribution in [3.05, 3.63) is 0 Å². The van der Waals surface area contributed by atoms with E-state index >= 15 is 0 Å². The number of carbonyl (C=O) groups excluding carboxylic acids is 2. The summed E-state index contributed by atoms with van der Waals surface area (Å²) < 4.78 is 16.7. The van der Waals surface area contributed by atoms with Gasteiger partial charge in [-0.05, 0) is 19.8 Å². The van der Waals surface area contributed by atoms with Gasteiger partial charge in [0, 0.05) is 20.0 Å². The number of unbranched alkanes of at least 4 members (excludes halogenated alkanes) is 1. The molecule has 2 rings (SSSR count). The van der Waals surface area contributed by atoms with Gasteiger partial charge in [0.1, 0.15) is 29.6 Å². The van der Waals surface area contributed by atoms with Gasteiger partial charge in [-0.2, -0.15) is 0 Å². The van der Waals surface area contributed by atoms with E-state index in [1.807, 2.05) is 0 Å². The average molecular weight is 331 g/mol. The molecule has 1 amide bonds. The van der Waals surface area contributed by atoms with Crippen molar-refractivity contribution < 1.29 is 34.0 Å². The number of fused-ring (bicyclic) bond motifs is 2. The Morgan fingerprint density at radius 1 is 1.30 bits per heavy atom. The van der Waals surface area contributed by atoms with Crippen LogP contribution in [0.5, 0.6) is 0 Å². The third-order valence-electron chi connectivity index (χ3n) is 4.15. The van der Waals surface area contributed by atoms with E-state index in [4.69, 9.17) is 14.2 Å². The molecule has 2 heterocycles. The lowest BCUT2D eigenvalue weighted by molar-refractivity contribution is -0.237. The summed E-state index contributed by atoms with van der Waals surface area (Å²) in [4.78, 5) is 22.0. The SMILES string of the molecule is CC(=O)CCCCOC[C@@]12CO[C@@H](O1)[C@H](NC(C)=O)[C@@H](O)[C@H]2O. The molecule has 0 unspecified atom stereocenters. The lowest BCUT2D eigenvalue weighted by Gasteiger charge is -2.42. The highest BCUT2D eigenvalue weighted by atomic mass is 16.7. The Labute approximate surface area is 135 Å². The van der Waals surface area contributed by atoms with Crippen LogP contribution in [-0.2, 0) is 23.8 Å². The first-order valence-corrected chi connectivity index (χ1v) is 7.85. The third-order valence-corrected chi connectivity index (χ3v) is 4.15. The summed E-state index contributed by atoms with van der Waals surface area (Å²) in [5.74, 6) is -0.191. The highest BCUT2D eigenvalue weighted by molar-refractivity contribution is 5.75. The third kappa shape index (κ3) is 4.27. The highest BCUT2D eigenvalue weighted by Gasteiger charge is 2.59. The van der Waals surface area contributed by atoms with Gasteiger partial charge in [0.2, 0.25) is 5.91 Å². The maximum atomic E-state index is 11.2. The molecule has 0 saturated carbocycles. The Morgan fingerprint density at radius 2 is 2.04 bits per heavy atom. The molecule has 2 aliphatic rings. The minimum atomic E-state index is -1.23. The summed E-state index contributed by atoms with van der Waals surface area (Å²) >= 11 is 0. The fourth-order valence-electron chi connectivity index (χ4n) is 2.90. The molecule has 0 aliphatic carbocycles. The Kier molecular flexibility index (Phi) is 6.10. The highest BCUT2D eigenvalue weighted by Crippen LogP contribution is 2.37. The first-order valence-electron chi connectivity index (χ1n) is 7.85. The molecule has 2 fully saturated rings. The van der Waals surface area contributed by atoms with Crippen molar-refractivity contribution in [1.82, 2.24) is 5.32 Å². The van der Waals surface area contributed by atoms with Crippen molar-refractivity contribution in [2.45, 2.75) is 63.3 Å². The monoisotopic (exact) mass is 331 g/mol. The zero-order valence-electron chi connectivity index (χ0n) is 13.5. The molecule has 3 N–H and O–H groups in total. The number of rotatable bonds is 8. The van der Waals surface area contributed by atoms with Gasteiger partial charge < -0.3 is 34.5 Å². The molecule has 132 valence electrons. The van der Waals surface area contributed by atoms with Crippen LogP contribution in [0.4, 0.5) is 0 Å². The van der Waals surface area contributed by atoms with E-state index in [0.29, 0.717) is 13.0 Å². The number of hydrogen-bond acceptors (Lipinski definition) is 7. The number of nitrogens with one attached hydrogen (secondary N) is 1. The summed E-state index contributed by atoms with van der Waals surface area (Å²) in [6.45, 7) is 3.46. The molecule has 8 heteroatoms. The quantitative estimate of drug-likeness (QED) is 0.495. The number of hydrogen-bond donors (Lipinski definition) is 3. The zero-order chi connectivity index (χ0) is 17.0. The first-order chi connectivity index (χ1) is 10.9. The van der Waals surface area contributed by atoms with Crippen LogP contribution >= 0.6 is 0 Å². The van der Waals surface area contributed by atoms with Crippen LogP contribution < -0.4 is 5.32 Å². The lowest BCUT2D eigenvalue weighted by atomic mass is 9.88. The van der Waals surface area contributed by atoms with Gasteiger partial charge in [-0.15, -0.1) is 0 Å². The van der Waals surface area contributed by atoms with E-state index in [-0.39, 0.29) is 24.9 Å². The van der Waals surface area contributed by atoms with Crippen molar-refractivity contribution in [3.63, 3.8) is 0 Å². The fourth-order valence-corrected chi connectivity index (χ4v) is 2.90. The molecule has 0 aromatic carbocycles. The number of carbonyl (C=O) groups is 2. The summed E-state index contributed by atoms with van der Waals surface area (Å²) in [6, 6.07) is -0.811. The summed E-state index contributed by atoms with van der Waals surface area (Å²) in [5, 5.41) is 23.1. The largest absolute Gasteiger partial charge is 0.388 e. The normalized spacial score (nSPS) is 36.0. The standard InChI is InChI=1S/C15H25NO7/c1-9(17)5-3-4-6-21-7-15-8-22-14(23-15)11(16-10(2)18)12(19)13(15)20/h11-14,19-20H,3-8H2,1-2H3,(H,16,18)/t11-,12-,13-,14+,15+/m1/s1. The predicted molar refractivity (Wildman–Crippen MR) is 78.5 cm³/mol. The Balaban J connectivity index is 1.83. The number of amides is 1. The Morgan fingerprint density at radius 3 is 2.70 bits per heavy atom. The summed E-state index contributed by atoms with van der Waals surface area (Å²) in [7, 11) is 0. The number of Topliss-reactive ketones (excluding diaryl/α,β-unsaturated/α-hetero) is 1. The smallest absolute Gasteiger partial charge is 0.217 e. The molecule has 5 atom stereocenters. The number of ether oxygens (including phenoxy) is 3.